The zero-order valence-corrected chi connectivity index (χ0v) is 9.71. The van der Waals surface area contributed by atoms with Gasteiger partial charge in [-0.25, -0.2) is 0 Å². The van der Waals surface area contributed by atoms with E-state index in [-0.39, 0.29) is 0 Å². The van der Waals surface area contributed by atoms with E-state index in [2.05, 4.69) is 45.7 Å². The Balaban J connectivity index is -0.0000000750. The molecule has 0 fully saturated rings. The summed E-state index contributed by atoms with van der Waals surface area (Å²) in [6.45, 7) is 6.60. The fourth-order valence-electron chi connectivity index (χ4n) is 0. The van der Waals surface area contributed by atoms with Crippen molar-refractivity contribution in [3.63, 3.8) is 0 Å². The topological polar surface area (TPSA) is 9.23 Å². The van der Waals surface area contributed by atoms with Crippen molar-refractivity contribution in [3.05, 3.63) is 0 Å². The minimum Gasteiger partial charge on any atom is -0.793 e. The van der Waals surface area contributed by atoms with Crippen molar-refractivity contribution in [2.45, 2.75) is 20.8 Å². The molecule has 0 unspecified atom stereocenters. The second kappa shape index (κ2) is 31.9. The first-order chi connectivity index (χ1) is 4.74. The maximum atomic E-state index is 4.46. The van der Waals surface area contributed by atoms with Crippen molar-refractivity contribution in [2.75, 3.05) is 18.1 Å². The molecule has 0 saturated carbocycles. The molecule has 10 heavy (non-hydrogen) atoms. The number of rotatable bonds is 1. The summed E-state index contributed by atoms with van der Waals surface area (Å²) in [5, 5.41) is 0. The molecular weight excluding hydrogens is 179 g/mol. The summed E-state index contributed by atoms with van der Waals surface area (Å²) < 4.78 is 4.46. The van der Waals surface area contributed by atoms with Crippen molar-refractivity contribution in [2.24, 2.45) is 0 Å². The first-order valence-corrected chi connectivity index (χ1v) is 4.85. The van der Waals surface area contributed by atoms with Crippen LogP contribution in [0.25, 0.3) is 0 Å². The molecule has 0 aliphatic carbocycles. The molecule has 0 rings (SSSR count). The van der Waals surface area contributed by atoms with Gasteiger partial charge in [0.25, 0.3) is 0 Å². The Labute approximate surface area is 84.5 Å². The van der Waals surface area contributed by atoms with Crippen LogP contribution in [0.5, 0.6) is 0 Å². The van der Waals surface area contributed by atoms with Crippen LogP contribution in [-0.4, -0.2) is 34.7 Å². The molecule has 0 saturated heterocycles. The third-order valence-corrected chi connectivity index (χ3v) is 0.500. The van der Waals surface area contributed by atoms with Gasteiger partial charge in [-0.1, -0.05) is 13.8 Å². The first kappa shape index (κ1) is 17.3. The van der Waals surface area contributed by atoms with Crippen molar-refractivity contribution in [3.8, 4) is 0 Å². The quantitative estimate of drug-likeness (QED) is 0.459. The fraction of sp³-hybridized carbons (Fsp3) is 1.00. The van der Waals surface area contributed by atoms with Gasteiger partial charge in [0.15, 0.2) is 0 Å². The van der Waals surface area contributed by atoms with E-state index in [9.17, 15) is 0 Å². The van der Waals surface area contributed by atoms with Gasteiger partial charge in [-0.15, -0.1) is 0 Å². The molecule has 60 valence electrons. The summed E-state index contributed by atoms with van der Waals surface area (Å²) in [6, 6.07) is 0. The molecule has 0 aromatic carbocycles. The molecule has 0 N–H and O–H groups in total. The summed E-state index contributed by atoms with van der Waals surface area (Å²) in [7, 11) is 0. The Hall–Kier alpha value is 1.19. The zero-order valence-electron chi connectivity index (χ0n) is 6.92. The summed E-state index contributed by atoms with van der Waals surface area (Å²) in [4.78, 5) is 0. The monoisotopic (exact) mass is 194 g/mol. The maximum absolute atomic E-state index is 4.46. The molecule has 0 aromatic rings. The molecule has 0 aliphatic heterocycles. The average molecular weight is 194 g/mol. The van der Waals surface area contributed by atoms with Crippen molar-refractivity contribution in [1.29, 1.82) is 0 Å². The molecule has 0 spiro atoms. The summed E-state index contributed by atoms with van der Waals surface area (Å²) in [6.07, 6.45) is 0. The van der Waals surface area contributed by atoms with E-state index in [1.54, 1.807) is 0 Å². The Morgan fingerprint density at radius 3 is 1.20 bits per heavy atom. The molecular formula is C6H15AlOS2. The molecule has 0 heterocycles. The van der Waals surface area contributed by atoms with E-state index in [4.69, 9.17) is 0 Å². The van der Waals surface area contributed by atoms with E-state index < -0.39 is 0 Å². The standard InChI is InChI=1S/C2H5O.2C2H6S.Al/c3*1-2-3;/h2H2,1H3;2*3H,2H2,1H3;/q-1;;;+3/p-2. The molecule has 4 heteroatoms. The smallest absolute Gasteiger partial charge is 0.0874 e. The van der Waals surface area contributed by atoms with Crippen molar-refractivity contribution in [1.82, 2.24) is 0 Å². The summed E-state index contributed by atoms with van der Waals surface area (Å²) in [5.41, 5.74) is 0. The van der Waals surface area contributed by atoms with Gasteiger partial charge in [-0.3, -0.25) is 0 Å². The fourth-order valence-corrected chi connectivity index (χ4v) is 0. The summed E-state index contributed by atoms with van der Waals surface area (Å²) >= 11 is 10.9. The van der Waals surface area contributed by atoms with E-state index >= 15 is 0 Å². The predicted octanol–water partition coefficient (Wildman–Crippen LogP) is 1.21. The molecule has 0 aromatic heterocycles. The van der Waals surface area contributed by atoms with Crippen LogP contribution >= 0.6 is 0 Å². The third kappa shape index (κ3) is 128. The summed E-state index contributed by atoms with van der Waals surface area (Å²) in [5.74, 6) is 1.67. The molecule has 0 atom stereocenters. The molecule has 0 radical (unpaired) electrons. The van der Waals surface area contributed by atoms with E-state index in [1.807, 2.05) is 20.8 Å². The van der Waals surface area contributed by atoms with E-state index in [0.29, 0.717) is 0 Å². The predicted molar refractivity (Wildman–Crippen MR) is 53.2 cm³/mol. The average Bonchev–Trinajstić information content (AvgIpc) is 1.91. The van der Waals surface area contributed by atoms with Gasteiger partial charge >= 0.3 is 33.9 Å². The van der Waals surface area contributed by atoms with Gasteiger partial charge in [0.1, 0.15) is 0 Å². The van der Waals surface area contributed by atoms with Crippen LogP contribution in [-0.2, 0) is 29.0 Å². The normalized spacial score (nSPS) is 6.70. The van der Waals surface area contributed by atoms with Gasteiger partial charge in [0, 0.05) is 0 Å². The zero-order chi connectivity index (χ0) is 8.83. The SMILES string of the molecule is CC[O][Al+2].CC[S-].CC[S-]. The van der Waals surface area contributed by atoms with Crippen LogP contribution in [0.15, 0.2) is 0 Å². The van der Waals surface area contributed by atoms with Crippen LogP contribution in [0.3, 0.4) is 0 Å². The van der Waals surface area contributed by atoms with Gasteiger partial charge in [-0.05, 0) is 0 Å². The molecule has 0 bridgehead atoms. The molecule has 1 nitrogen and oxygen atoms in total. The first-order valence-electron chi connectivity index (χ1n) is 3.22. The van der Waals surface area contributed by atoms with Crippen LogP contribution in [0.2, 0.25) is 0 Å². The van der Waals surface area contributed by atoms with E-state index in [0.717, 1.165) is 18.1 Å². The second-order valence-corrected chi connectivity index (χ2v) is 2.52. The molecule has 0 amide bonds. The van der Waals surface area contributed by atoms with Crippen LogP contribution in [0.4, 0.5) is 0 Å². The van der Waals surface area contributed by atoms with E-state index in [1.165, 1.54) is 0 Å². The van der Waals surface area contributed by atoms with Crippen LogP contribution in [0, 0.1) is 0 Å². The Morgan fingerprint density at radius 1 is 1.10 bits per heavy atom. The van der Waals surface area contributed by atoms with Gasteiger partial charge in [-0.2, -0.15) is 11.5 Å². The Kier molecular flexibility index (Phi) is 55.3. The number of hydrogen-bond donors (Lipinski definition) is 0. The Bertz CT molecular complexity index is 27.7. The maximum Gasteiger partial charge on any atom is -0.0874 e. The van der Waals surface area contributed by atoms with Gasteiger partial charge in [0.05, 0.1) is 0 Å². The van der Waals surface area contributed by atoms with Gasteiger partial charge in [0.2, 0.25) is 0 Å². The minimum atomic E-state index is 0.782. The number of hydrogen-bond acceptors (Lipinski definition) is 3. The van der Waals surface area contributed by atoms with Crippen LogP contribution in [0.1, 0.15) is 20.8 Å². The van der Waals surface area contributed by atoms with Crippen LogP contribution < -0.4 is 0 Å². The van der Waals surface area contributed by atoms with Crippen molar-refractivity contribution < 1.29 is 3.79 Å². The molecule has 0 aliphatic rings. The largest absolute Gasteiger partial charge is 0.793 e. The second-order valence-electron chi connectivity index (χ2n) is 1.03. The van der Waals surface area contributed by atoms with Gasteiger partial charge < -0.3 is 25.3 Å². The minimum absolute atomic E-state index is 0.782. The van der Waals surface area contributed by atoms with Crippen molar-refractivity contribution >= 4 is 41.9 Å². The Morgan fingerprint density at radius 2 is 1.20 bits per heavy atom. The third-order valence-electron chi connectivity index (χ3n) is 0.167.